The number of hydrogen-bond acceptors (Lipinski definition) is 6. The maximum absolute atomic E-state index is 12.6. The third-order valence-electron chi connectivity index (χ3n) is 5.50. The van der Waals surface area contributed by atoms with E-state index >= 15 is 0 Å². The molecule has 2 aliphatic rings. The molecule has 28 heavy (non-hydrogen) atoms. The lowest BCUT2D eigenvalue weighted by atomic mass is 10.0. The summed E-state index contributed by atoms with van der Waals surface area (Å²) in [6.45, 7) is 13.4. The number of carbonyl (C=O) groups is 1. The van der Waals surface area contributed by atoms with Gasteiger partial charge in [0, 0.05) is 12.6 Å². The zero-order valence-corrected chi connectivity index (χ0v) is 17.7. The molecule has 0 aromatic carbocycles. The number of rotatable bonds is 6. The maximum atomic E-state index is 12.6. The van der Waals surface area contributed by atoms with Crippen molar-refractivity contribution in [3.05, 3.63) is 17.5 Å². The molecular formula is C20H34N6O2. The van der Waals surface area contributed by atoms with Crippen molar-refractivity contribution >= 4 is 11.6 Å². The molecule has 1 fully saturated rings. The van der Waals surface area contributed by atoms with Crippen LogP contribution in [0.5, 0.6) is 0 Å². The van der Waals surface area contributed by atoms with Crippen molar-refractivity contribution in [2.75, 3.05) is 26.2 Å². The third-order valence-corrected chi connectivity index (χ3v) is 5.50. The number of hydrogen-bond donors (Lipinski definition) is 2. The summed E-state index contributed by atoms with van der Waals surface area (Å²) in [6, 6.07) is 2.15. The Kier molecular flexibility index (Phi) is 6.40. The first kappa shape index (κ1) is 20.8. The van der Waals surface area contributed by atoms with Gasteiger partial charge in [0.05, 0.1) is 17.1 Å². The smallest absolute Gasteiger partial charge is 0.243 e. The largest absolute Gasteiger partial charge is 0.354 e. The highest BCUT2D eigenvalue weighted by Crippen LogP contribution is 2.26. The van der Waals surface area contributed by atoms with Crippen molar-refractivity contribution in [2.45, 2.75) is 65.8 Å². The summed E-state index contributed by atoms with van der Waals surface area (Å²) >= 11 is 0. The van der Waals surface area contributed by atoms with Gasteiger partial charge < -0.3 is 15.3 Å². The molecule has 0 aliphatic carbocycles. The Hall–Kier alpha value is -1.93. The standard InChI is InChI=1S/C20H34N6O2/c1-6-24-9-7-8-15(11-24)21-18(27)12-25-20(28)26-17(19(23-25)14(4)5)10-16(22-26)13(2)3/h10,13-15,20,28H,6-9,11-12H2,1-5H3,(H,21,27)/t15-,20-/m1/s1. The summed E-state index contributed by atoms with van der Waals surface area (Å²) in [5.74, 6) is 0.293. The first-order valence-electron chi connectivity index (χ1n) is 10.4. The van der Waals surface area contributed by atoms with E-state index in [1.807, 2.05) is 6.07 Å². The summed E-state index contributed by atoms with van der Waals surface area (Å²) in [6.07, 6.45) is 1.01. The number of likely N-dealkylation sites (N-methyl/N-ethyl adjacent to an activating group) is 1. The molecule has 0 saturated carbocycles. The topological polar surface area (TPSA) is 86.0 Å². The molecule has 2 N–H and O–H groups in total. The summed E-state index contributed by atoms with van der Waals surface area (Å²) < 4.78 is 1.59. The maximum Gasteiger partial charge on any atom is 0.243 e. The van der Waals surface area contributed by atoms with Gasteiger partial charge in [0.2, 0.25) is 12.3 Å². The average Bonchev–Trinajstić information content (AvgIpc) is 3.10. The first-order valence-corrected chi connectivity index (χ1v) is 10.4. The number of carbonyl (C=O) groups excluding carboxylic acids is 1. The summed E-state index contributed by atoms with van der Waals surface area (Å²) in [7, 11) is 0. The van der Waals surface area contributed by atoms with Crippen molar-refractivity contribution < 1.29 is 9.90 Å². The Morgan fingerprint density at radius 1 is 1.32 bits per heavy atom. The number of fused-ring (bicyclic) bond motifs is 1. The fraction of sp³-hybridized carbons (Fsp3) is 0.750. The molecule has 1 saturated heterocycles. The van der Waals surface area contributed by atoms with Gasteiger partial charge in [-0.25, -0.2) is 9.69 Å². The third kappa shape index (κ3) is 4.38. The van der Waals surface area contributed by atoms with E-state index in [1.54, 1.807) is 4.68 Å². The summed E-state index contributed by atoms with van der Waals surface area (Å²) in [5, 5.41) is 24.5. The number of aliphatic hydroxyl groups excluding tert-OH is 1. The van der Waals surface area contributed by atoms with E-state index in [0.717, 1.165) is 49.6 Å². The van der Waals surface area contributed by atoms with Crippen LogP contribution in [0.1, 0.15) is 71.1 Å². The molecule has 1 aromatic rings. The molecular weight excluding hydrogens is 356 g/mol. The zero-order valence-electron chi connectivity index (χ0n) is 17.7. The van der Waals surface area contributed by atoms with Crippen LogP contribution in [0.25, 0.3) is 0 Å². The van der Waals surface area contributed by atoms with E-state index in [1.165, 1.54) is 5.01 Å². The number of hydrazone groups is 1. The molecule has 2 atom stereocenters. The van der Waals surface area contributed by atoms with Crippen LogP contribution < -0.4 is 5.32 Å². The summed E-state index contributed by atoms with van der Waals surface area (Å²) in [4.78, 5) is 15.0. The van der Waals surface area contributed by atoms with Crippen LogP contribution in [-0.4, -0.2) is 68.6 Å². The van der Waals surface area contributed by atoms with Crippen LogP contribution in [-0.2, 0) is 4.79 Å². The molecule has 8 nitrogen and oxygen atoms in total. The number of nitrogens with one attached hydrogen (secondary N) is 1. The van der Waals surface area contributed by atoms with Gasteiger partial charge in [-0.15, -0.1) is 0 Å². The average molecular weight is 391 g/mol. The highest BCUT2D eigenvalue weighted by atomic mass is 16.3. The quantitative estimate of drug-likeness (QED) is 0.773. The Labute approximate surface area is 167 Å². The Morgan fingerprint density at radius 3 is 2.71 bits per heavy atom. The molecule has 1 amide bonds. The number of likely N-dealkylation sites (tertiary alicyclic amines) is 1. The highest BCUT2D eigenvalue weighted by molar-refractivity contribution is 6.01. The molecule has 8 heteroatoms. The normalized spacial score (nSPS) is 23.1. The molecule has 0 radical (unpaired) electrons. The fourth-order valence-electron chi connectivity index (χ4n) is 3.84. The number of aromatic nitrogens is 2. The van der Waals surface area contributed by atoms with Crippen LogP contribution in [0.15, 0.2) is 11.2 Å². The molecule has 2 aliphatic heterocycles. The lowest BCUT2D eigenvalue weighted by Gasteiger charge is -2.34. The zero-order chi connectivity index (χ0) is 20.4. The molecule has 1 aromatic heterocycles. The predicted octanol–water partition coefficient (Wildman–Crippen LogP) is 1.73. The van der Waals surface area contributed by atoms with E-state index in [4.69, 9.17) is 0 Å². The lowest BCUT2D eigenvalue weighted by molar-refractivity contribution is -0.131. The van der Waals surface area contributed by atoms with Gasteiger partial charge in [0.1, 0.15) is 6.54 Å². The van der Waals surface area contributed by atoms with Crippen molar-refractivity contribution in [3.63, 3.8) is 0 Å². The van der Waals surface area contributed by atoms with Crippen LogP contribution in [0.4, 0.5) is 0 Å². The van der Waals surface area contributed by atoms with Crippen LogP contribution in [0.3, 0.4) is 0 Å². The number of nitrogens with zero attached hydrogens (tertiary/aromatic N) is 5. The van der Waals surface area contributed by atoms with Crippen molar-refractivity contribution in [1.29, 1.82) is 0 Å². The van der Waals surface area contributed by atoms with E-state index in [-0.39, 0.29) is 30.3 Å². The minimum atomic E-state index is -1.07. The van der Waals surface area contributed by atoms with Crippen molar-refractivity contribution in [2.24, 2.45) is 11.0 Å². The minimum absolute atomic E-state index is 0.0102. The van der Waals surface area contributed by atoms with E-state index in [9.17, 15) is 9.90 Å². The first-order chi connectivity index (χ1) is 13.3. The van der Waals surface area contributed by atoms with Gasteiger partial charge in [-0.3, -0.25) is 4.79 Å². The van der Waals surface area contributed by atoms with Gasteiger partial charge in [-0.2, -0.15) is 10.2 Å². The molecule has 3 heterocycles. The SMILES string of the molecule is CCN1CCC[C@@H](NC(=O)CN2N=C(C(C)C)c3cc(C(C)C)nn3[C@@H]2O)C1. The molecule has 0 unspecified atom stereocenters. The molecule has 156 valence electrons. The number of amides is 1. The minimum Gasteiger partial charge on any atom is -0.354 e. The second kappa shape index (κ2) is 8.61. The van der Waals surface area contributed by atoms with Gasteiger partial charge in [-0.05, 0) is 43.8 Å². The van der Waals surface area contributed by atoms with E-state index in [2.05, 4.69) is 55.0 Å². The lowest BCUT2D eigenvalue weighted by Crippen LogP contribution is -2.50. The second-order valence-electron chi connectivity index (χ2n) is 8.44. The van der Waals surface area contributed by atoms with Gasteiger partial charge >= 0.3 is 0 Å². The Morgan fingerprint density at radius 2 is 2.07 bits per heavy atom. The predicted molar refractivity (Wildman–Crippen MR) is 109 cm³/mol. The Balaban J connectivity index is 1.72. The molecule has 0 bridgehead atoms. The van der Waals surface area contributed by atoms with Gasteiger partial charge in [0.25, 0.3) is 0 Å². The fourth-order valence-corrected chi connectivity index (χ4v) is 3.84. The van der Waals surface area contributed by atoms with Gasteiger partial charge in [-0.1, -0.05) is 34.6 Å². The second-order valence-corrected chi connectivity index (χ2v) is 8.44. The van der Waals surface area contributed by atoms with Gasteiger partial charge in [0.15, 0.2) is 0 Å². The van der Waals surface area contributed by atoms with Crippen LogP contribution >= 0.6 is 0 Å². The van der Waals surface area contributed by atoms with E-state index < -0.39 is 6.35 Å². The molecule has 0 spiro atoms. The van der Waals surface area contributed by atoms with E-state index in [0.29, 0.717) is 0 Å². The van der Waals surface area contributed by atoms with Crippen molar-refractivity contribution in [3.8, 4) is 0 Å². The number of piperidine rings is 1. The molecule has 3 rings (SSSR count). The van der Waals surface area contributed by atoms with Crippen LogP contribution in [0.2, 0.25) is 0 Å². The highest BCUT2D eigenvalue weighted by Gasteiger charge is 2.32. The van der Waals surface area contributed by atoms with Crippen molar-refractivity contribution in [1.82, 2.24) is 25.0 Å². The summed E-state index contributed by atoms with van der Waals surface area (Å²) in [5.41, 5.74) is 2.58. The van der Waals surface area contributed by atoms with Crippen LogP contribution in [0, 0.1) is 5.92 Å². The monoisotopic (exact) mass is 390 g/mol. The number of aliphatic hydroxyl groups is 1. The Bertz CT molecular complexity index is 726.